The van der Waals surface area contributed by atoms with Gasteiger partial charge in [0.2, 0.25) is 0 Å². The van der Waals surface area contributed by atoms with Crippen LogP contribution in [-0.4, -0.2) is 33.0 Å². The second-order valence-electron chi connectivity index (χ2n) is 5.60. The summed E-state index contributed by atoms with van der Waals surface area (Å²) in [5.41, 5.74) is 2.95. The van der Waals surface area contributed by atoms with E-state index in [-0.39, 0.29) is 0 Å². The zero-order chi connectivity index (χ0) is 14.1. The average Bonchev–Trinajstić information content (AvgIpc) is 2.97. The molecule has 1 fully saturated rings. The van der Waals surface area contributed by atoms with E-state index in [4.69, 9.17) is 4.52 Å². The van der Waals surface area contributed by atoms with E-state index in [9.17, 15) is 0 Å². The highest BCUT2D eigenvalue weighted by Crippen LogP contribution is 2.25. The van der Waals surface area contributed by atoms with Crippen molar-refractivity contribution in [3.8, 4) is 11.5 Å². The second-order valence-corrected chi connectivity index (χ2v) is 5.60. The van der Waals surface area contributed by atoms with Gasteiger partial charge in [0.05, 0.1) is 11.3 Å². The zero-order valence-corrected chi connectivity index (χ0v) is 12.3. The van der Waals surface area contributed by atoms with Crippen molar-refractivity contribution in [3.63, 3.8) is 0 Å². The third-order valence-corrected chi connectivity index (χ3v) is 4.06. The van der Waals surface area contributed by atoms with Crippen LogP contribution in [0.5, 0.6) is 0 Å². The number of hydrogen-bond donors (Lipinski definition) is 1. The first kappa shape index (κ1) is 13.3. The molecule has 3 rings (SSSR count). The molecule has 0 radical (unpaired) electrons. The molecule has 6 heteroatoms. The van der Waals surface area contributed by atoms with Crippen LogP contribution >= 0.6 is 0 Å². The van der Waals surface area contributed by atoms with Gasteiger partial charge in [-0.1, -0.05) is 5.16 Å². The molecule has 1 saturated heterocycles. The van der Waals surface area contributed by atoms with Gasteiger partial charge in [0.25, 0.3) is 5.89 Å². The molecule has 1 atom stereocenters. The highest BCUT2D eigenvalue weighted by molar-refractivity contribution is 5.59. The maximum atomic E-state index is 5.43. The van der Waals surface area contributed by atoms with Gasteiger partial charge < -0.3 is 9.84 Å². The highest BCUT2D eigenvalue weighted by Gasteiger charge is 2.20. The SMILES string of the molecule is Cc1nn(C)c(C)c1-c1nc(CC2CCCNC2)no1. The van der Waals surface area contributed by atoms with Crippen LogP contribution in [0.4, 0.5) is 0 Å². The van der Waals surface area contributed by atoms with Gasteiger partial charge >= 0.3 is 0 Å². The molecule has 0 saturated carbocycles. The van der Waals surface area contributed by atoms with Gasteiger partial charge in [0.15, 0.2) is 5.82 Å². The minimum absolute atomic E-state index is 0.590. The third kappa shape index (κ3) is 2.47. The molecule has 0 aliphatic carbocycles. The predicted molar refractivity (Wildman–Crippen MR) is 75.3 cm³/mol. The molecule has 3 heterocycles. The fourth-order valence-electron chi connectivity index (χ4n) is 2.88. The Kier molecular flexibility index (Phi) is 3.56. The first-order valence-corrected chi connectivity index (χ1v) is 7.19. The number of aryl methyl sites for hydroxylation is 2. The molecule has 2 aromatic heterocycles. The summed E-state index contributed by atoms with van der Waals surface area (Å²) in [5, 5.41) is 11.9. The van der Waals surface area contributed by atoms with Crippen LogP contribution in [0, 0.1) is 19.8 Å². The molecular weight excluding hydrogens is 254 g/mol. The summed E-state index contributed by atoms with van der Waals surface area (Å²) in [4.78, 5) is 4.55. The molecule has 1 unspecified atom stereocenters. The Morgan fingerprint density at radius 3 is 2.90 bits per heavy atom. The van der Waals surface area contributed by atoms with E-state index in [1.165, 1.54) is 12.8 Å². The van der Waals surface area contributed by atoms with Crippen LogP contribution in [0.25, 0.3) is 11.5 Å². The molecule has 1 aliphatic rings. The van der Waals surface area contributed by atoms with Crippen molar-refractivity contribution in [3.05, 3.63) is 17.2 Å². The van der Waals surface area contributed by atoms with Crippen LogP contribution in [0.3, 0.4) is 0 Å². The molecule has 1 aliphatic heterocycles. The van der Waals surface area contributed by atoms with Gasteiger partial charge in [0, 0.05) is 19.2 Å². The third-order valence-electron chi connectivity index (χ3n) is 4.06. The molecule has 2 aromatic rings. The van der Waals surface area contributed by atoms with Gasteiger partial charge in [-0.25, -0.2) is 0 Å². The number of nitrogens with zero attached hydrogens (tertiary/aromatic N) is 4. The molecule has 0 spiro atoms. The standard InChI is InChI=1S/C14H21N5O/c1-9-13(10(2)19(3)17-9)14-16-12(18-20-14)7-11-5-4-6-15-8-11/h11,15H,4-8H2,1-3H3. The molecule has 1 N–H and O–H groups in total. The Balaban J connectivity index is 1.79. The van der Waals surface area contributed by atoms with E-state index in [1.54, 1.807) is 0 Å². The van der Waals surface area contributed by atoms with Crippen molar-refractivity contribution in [2.75, 3.05) is 13.1 Å². The molecule has 0 amide bonds. The molecule has 20 heavy (non-hydrogen) atoms. The van der Waals surface area contributed by atoms with Gasteiger partial charge in [-0.05, 0) is 45.7 Å². The van der Waals surface area contributed by atoms with Crippen molar-refractivity contribution < 1.29 is 4.52 Å². The summed E-state index contributed by atoms with van der Waals surface area (Å²) >= 11 is 0. The van der Waals surface area contributed by atoms with E-state index in [0.29, 0.717) is 11.8 Å². The van der Waals surface area contributed by atoms with Crippen LogP contribution in [0.15, 0.2) is 4.52 Å². The number of nitrogens with one attached hydrogen (secondary N) is 1. The summed E-state index contributed by atoms with van der Waals surface area (Å²) in [7, 11) is 1.93. The highest BCUT2D eigenvalue weighted by atomic mass is 16.5. The van der Waals surface area contributed by atoms with Crippen molar-refractivity contribution >= 4 is 0 Å². The minimum atomic E-state index is 0.590. The van der Waals surface area contributed by atoms with Gasteiger partial charge in [-0.2, -0.15) is 10.1 Å². The maximum absolute atomic E-state index is 5.43. The van der Waals surface area contributed by atoms with Crippen molar-refractivity contribution in [2.24, 2.45) is 13.0 Å². The second kappa shape index (κ2) is 5.36. The van der Waals surface area contributed by atoms with Gasteiger partial charge in [0.1, 0.15) is 0 Å². The average molecular weight is 275 g/mol. The summed E-state index contributed by atoms with van der Waals surface area (Å²) in [6.07, 6.45) is 3.35. The van der Waals surface area contributed by atoms with Crippen LogP contribution in [0.1, 0.15) is 30.1 Å². The quantitative estimate of drug-likeness (QED) is 0.922. The summed E-state index contributed by atoms with van der Waals surface area (Å²) in [5.74, 6) is 2.01. The minimum Gasteiger partial charge on any atom is -0.334 e. The summed E-state index contributed by atoms with van der Waals surface area (Å²) < 4.78 is 7.28. The zero-order valence-electron chi connectivity index (χ0n) is 12.3. The summed E-state index contributed by atoms with van der Waals surface area (Å²) in [6.45, 7) is 6.17. The Hall–Kier alpha value is -1.69. The van der Waals surface area contributed by atoms with E-state index in [1.807, 2.05) is 25.6 Å². The Labute approximate surface area is 118 Å². The predicted octanol–water partition coefficient (Wildman–Crippen LogP) is 1.63. The number of rotatable bonds is 3. The van der Waals surface area contributed by atoms with Crippen molar-refractivity contribution in [1.29, 1.82) is 0 Å². The molecule has 0 bridgehead atoms. The van der Waals surface area contributed by atoms with Crippen LogP contribution in [0.2, 0.25) is 0 Å². The van der Waals surface area contributed by atoms with E-state index in [0.717, 1.165) is 42.3 Å². The first-order valence-electron chi connectivity index (χ1n) is 7.19. The topological polar surface area (TPSA) is 68.8 Å². The number of hydrogen-bond acceptors (Lipinski definition) is 5. The summed E-state index contributed by atoms with van der Waals surface area (Å²) in [6, 6.07) is 0. The number of piperidine rings is 1. The van der Waals surface area contributed by atoms with E-state index >= 15 is 0 Å². The lowest BCUT2D eigenvalue weighted by Gasteiger charge is -2.20. The normalized spacial score (nSPS) is 19.4. The molecule has 6 nitrogen and oxygen atoms in total. The lowest BCUT2D eigenvalue weighted by atomic mass is 9.96. The Bertz CT molecular complexity index is 595. The van der Waals surface area contributed by atoms with Gasteiger partial charge in [-0.3, -0.25) is 4.68 Å². The maximum Gasteiger partial charge on any atom is 0.261 e. The fourth-order valence-corrected chi connectivity index (χ4v) is 2.88. The smallest absolute Gasteiger partial charge is 0.261 e. The largest absolute Gasteiger partial charge is 0.334 e. The Morgan fingerprint density at radius 1 is 1.40 bits per heavy atom. The van der Waals surface area contributed by atoms with Crippen LogP contribution in [-0.2, 0) is 13.5 Å². The van der Waals surface area contributed by atoms with E-state index in [2.05, 4.69) is 20.6 Å². The lowest BCUT2D eigenvalue weighted by Crippen LogP contribution is -2.31. The molecule has 108 valence electrons. The fraction of sp³-hybridized carbons (Fsp3) is 0.643. The van der Waals surface area contributed by atoms with E-state index < -0.39 is 0 Å². The first-order chi connectivity index (χ1) is 9.65. The van der Waals surface area contributed by atoms with Gasteiger partial charge in [-0.15, -0.1) is 0 Å². The Morgan fingerprint density at radius 2 is 2.25 bits per heavy atom. The molecular formula is C14H21N5O. The monoisotopic (exact) mass is 275 g/mol. The van der Waals surface area contributed by atoms with Crippen LogP contribution < -0.4 is 5.32 Å². The molecule has 0 aromatic carbocycles. The van der Waals surface area contributed by atoms with Crippen molar-refractivity contribution in [1.82, 2.24) is 25.2 Å². The number of aromatic nitrogens is 4. The van der Waals surface area contributed by atoms with Crippen molar-refractivity contribution in [2.45, 2.75) is 33.1 Å². The lowest BCUT2D eigenvalue weighted by molar-refractivity contribution is 0.359.